The van der Waals surface area contributed by atoms with Gasteiger partial charge in [-0.3, -0.25) is 14.4 Å². The number of aromatic amines is 1. The molecule has 0 saturated heterocycles. The number of allylic oxidation sites excluding steroid dienone is 3. The average Bonchev–Trinajstić information content (AvgIpc) is 2.59. The minimum Gasteiger partial charge on any atom is -0.361 e. The number of pyridine rings is 1. The van der Waals surface area contributed by atoms with Crippen LogP contribution in [0.5, 0.6) is 0 Å². The van der Waals surface area contributed by atoms with Gasteiger partial charge in [-0.25, -0.2) is 0 Å². The maximum Gasteiger partial charge on any atom is 0.248 e. The zero-order chi connectivity index (χ0) is 19.1. The third-order valence-corrected chi connectivity index (χ3v) is 6.16. The molecule has 27 heavy (non-hydrogen) atoms. The molecule has 0 amide bonds. The third-order valence-electron chi connectivity index (χ3n) is 6.16. The number of Topliss-reactive ketones (excluding diaryl/α,β-unsaturated/α-hetero) is 2. The first kappa shape index (κ1) is 18.0. The van der Waals surface area contributed by atoms with Gasteiger partial charge in [-0.1, -0.05) is 38.2 Å². The van der Waals surface area contributed by atoms with E-state index < -0.39 is 0 Å². The summed E-state index contributed by atoms with van der Waals surface area (Å²) in [7, 11) is 0. The van der Waals surface area contributed by atoms with Gasteiger partial charge in [-0.15, -0.1) is 0 Å². The van der Waals surface area contributed by atoms with Crippen molar-refractivity contribution in [2.75, 3.05) is 6.54 Å². The van der Waals surface area contributed by atoms with Crippen molar-refractivity contribution in [3.05, 3.63) is 56.2 Å². The summed E-state index contributed by atoms with van der Waals surface area (Å²) in [5, 5.41) is 0. The van der Waals surface area contributed by atoms with E-state index in [1.807, 2.05) is 6.92 Å². The van der Waals surface area contributed by atoms with Gasteiger partial charge in [-0.05, 0) is 37.8 Å². The molecular formula is C22H26N2O3. The Hall–Kier alpha value is -2.43. The number of H-pyrrole nitrogens is 1. The van der Waals surface area contributed by atoms with E-state index in [9.17, 15) is 14.4 Å². The molecule has 142 valence electrons. The quantitative estimate of drug-likeness (QED) is 0.823. The molecule has 3 aliphatic rings. The van der Waals surface area contributed by atoms with Crippen LogP contribution in [0, 0.1) is 6.92 Å². The summed E-state index contributed by atoms with van der Waals surface area (Å²) in [6.45, 7) is 4.28. The molecular weight excluding hydrogens is 340 g/mol. The van der Waals surface area contributed by atoms with Crippen LogP contribution in [0.1, 0.15) is 78.3 Å². The van der Waals surface area contributed by atoms with Gasteiger partial charge in [0.25, 0.3) is 0 Å². The highest BCUT2D eigenvalue weighted by Crippen LogP contribution is 2.37. The van der Waals surface area contributed by atoms with E-state index in [0.29, 0.717) is 28.9 Å². The molecule has 5 nitrogen and oxygen atoms in total. The van der Waals surface area contributed by atoms with Crippen molar-refractivity contribution < 1.29 is 9.59 Å². The second-order valence-corrected chi connectivity index (χ2v) is 7.99. The lowest BCUT2D eigenvalue weighted by atomic mass is 9.81. The van der Waals surface area contributed by atoms with Gasteiger partial charge in [-0.2, -0.15) is 0 Å². The van der Waals surface area contributed by atoms with E-state index in [4.69, 9.17) is 0 Å². The van der Waals surface area contributed by atoms with Crippen LogP contribution in [0.25, 0.3) is 0 Å². The minimum atomic E-state index is -0.336. The first-order valence-corrected chi connectivity index (χ1v) is 10.0. The highest BCUT2D eigenvalue weighted by atomic mass is 16.1. The molecule has 0 spiro atoms. The Morgan fingerprint density at radius 1 is 0.963 bits per heavy atom. The SMILES string of the molecule is CC1=CCN(C2CCCCCCC2)C2=C1C(=O)c1c(C)cc(=O)[nH]c1C2=O. The highest BCUT2D eigenvalue weighted by Gasteiger charge is 2.40. The van der Waals surface area contributed by atoms with Crippen molar-refractivity contribution in [1.82, 2.24) is 9.88 Å². The number of fused-ring (bicyclic) bond motifs is 1. The maximum absolute atomic E-state index is 13.4. The first-order chi connectivity index (χ1) is 13.0. The Labute approximate surface area is 159 Å². The lowest BCUT2D eigenvalue weighted by Crippen LogP contribution is -2.44. The van der Waals surface area contributed by atoms with Crippen molar-refractivity contribution in [2.45, 2.75) is 64.8 Å². The van der Waals surface area contributed by atoms with Crippen LogP contribution in [0.15, 0.2) is 33.8 Å². The number of rotatable bonds is 1. The number of aromatic nitrogens is 1. The van der Waals surface area contributed by atoms with Crippen molar-refractivity contribution in [3.8, 4) is 0 Å². The van der Waals surface area contributed by atoms with E-state index >= 15 is 0 Å². The van der Waals surface area contributed by atoms with Crippen molar-refractivity contribution in [1.29, 1.82) is 0 Å². The van der Waals surface area contributed by atoms with Crippen LogP contribution < -0.4 is 5.56 Å². The molecule has 1 N–H and O–H groups in total. The lowest BCUT2D eigenvalue weighted by Gasteiger charge is -2.40. The summed E-state index contributed by atoms with van der Waals surface area (Å²) in [4.78, 5) is 43.4. The fourth-order valence-electron chi connectivity index (χ4n) is 4.76. The van der Waals surface area contributed by atoms with E-state index in [0.717, 1.165) is 31.3 Å². The smallest absolute Gasteiger partial charge is 0.248 e. The fourth-order valence-corrected chi connectivity index (χ4v) is 4.76. The first-order valence-electron chi connectivity index (χ1n) is 10.0. The third kappa shape index (κ3) is 2.99. The van der Waals surface area contributed by atoms with E-state index in [-0.39, 0.29) is 28.9 Å². The number of nitrogens with one attached hydrogen (secondary N) is 1. The van der Waals surface area contributed by atoms with Gasteiger partial charge in [0, 0.05) is 18.7 Å². The second kappa shape index (κ2) is 6.95. The van der Waals surface area contributed by atoms with E-state index in [2.05, 4.69) is 16.0 Å². The van der Waals surface area contributed by atoms with Crippen LogP contribution in [-0.4, -0.2) is 34.0 Å². The summed E-state index contributed by atoms with van der Waals surface area (Å²) < 4.78 is 0. The van der Waals surface area contributed by atoms with E-state index in [1.54, 1.807) is 6.92 Å². The fraction of sp³-hybridized carbons (Fsp3) is 0.500. The predicted octanol–water partition coefficient (Wildman–Crippen LogP) is 3.69. The van der Waals surface area contributed by atoms with Crippen molar-refractivity contribution >= 4 is 11.6 Å². The number of hydrogen-bond donors (Lipinski definition) is 1. The summed E-state index contributed by atoms with van der Waals surface area (Å²) in [5.41, 5.74) is 2.63. The molecule has 0 aromatic carbocycles. The van der Waals surface area contributed by atoms with Gasteiger partial charge in [0.05, 0.1) is 16.8 Å². The highest BCUT2D eigenvalue weighted by molar-refractivity contribution is 6.28. The molecule has 1 saturated carbocycles. The van der Waals surface area contributed by atoms with Crippen LogP contribution in [0.2, 0.25) is 0 Å². The zero-order valence-corrected chi connectivity index (χ0v) is 16.1. The topological polar surface area (TPSA) is 70.2 Å². The standard InChI is InChI=1S/C22H26N2O3/c1-13-10-11-24(15-8-6-4-3-5-7-9-15)20-18(13)21(26)17-14(2)12-16(25)23-19(17)22(20)27/h10,12,15H,3-9,11H2,1-2H3,(H,23,25). The number of carbonyl (C=O) groups is 2. The van der Waals surface area contributed by atoms with E-state index in [1.165, 1.54) is 25.3 Å². The number of nitrogens with zero attached hydrogens (tertiary/aromatic N) is 1. The Kier molecular flexibility index (Phi) is 4.62. The summed E-state index contributed by atoms with van der Waals surface area (Å²) in [6, 6.07) is 1.67. The molecule has 2 heterocycles. The molecule has 2 aliphatic carbocycles. The molecule has 0 unspecified atom stereocenters. The van der Waals surface area contributed by atoms with Crippen LogP contribution in [0.4, 0.5) is 0 Å². The predicted molar refractivity (Wildman–Crippen MR) is 104 cm³/mol. The van der Waals surface area contributed by atoms with Gasteiger partial charge in [0.1, 0.15) is 5.69 Å². The average molecular weight is 366 g/mol. The minimum absolute atomic E-state index is 0.141. The van der Waals surface area contributed by atoms with Crippen molar-refractivity contribution in [3.63, 3.8) is 0 Å². The largest absolute Gasteiger partial charge is 0.361 e. The molecule has 0 atom stereocenters. The van der Waals surface area contributed by atoms with Gasteiger partial charge in [0.15, 0.2) is 5.78 Å². The molecule has 4 rings (SSSR count). The summed E-state index contributed by atoms with van der Waals surface area (Å²) >= 11 is 0. The maximum atomic E-state index is 13.4. The van der Waals surface area contributed by atoms with Gasteiger partial charge >= 0.3 is 0 Å². The Morgan fingerprint density at radius 2 is 1.63 bits per heavy atom. The Balaban J connectivity index is 1.82. The molecule has 1 fully saturated rings. The molecule has 0 radical (unpaired) electrons. The number of hydrogen-bond acceptors (Lipinski definition) is 4. The molecule has 1 aromatic rings. The lowest BCUT2D eigenvalue weighted by molar-refractivity contribution is 0.0913. The molecule has 1 aromatic heterocycles. The van der Waals surface area contributed by atoms with Crippen molar-refractivity contribution in [2.24, 2.45) is 0 Å². The second-order valence-electron chi connectivity index (χ2n) is 7.99. The zero-order valence-electron chi connectivity index (χ0n) is 16.1. The normalized spacial score (nSPS) is 21.4. The summed E-state index contributed by atoms with van der Waals surface area (Å²) in [6.07, 6.45) is 10.2. The Morgan fingerprint density at radius 3 is 2.33 bits per heavy atom. The molecule has 5 heteroatoms. The van der Waals surface area contributed by atoms with Crippen LogP contribution >= 0.6 is 0 Å². The molecule has 0 bridgehead atoms. The molecule has 1 aliphatic heterocycles. The van der Waals surface area contributed by atoms with Crippen LogP contribution in [0.3, 0.4) is 0 Å². The Bertz CT molecular complexity index is 927. The number of carbonyl (C=O) groups excluding carboxylic acids is 2. The monoisotopic (exact) mass is 366 g/mol. The summed E-state index contributed by atoms with van der Waals surface area (Å²) in [5.74, 6) is -0.354. The van der Waals surface area contributed by atoms with Crippen LogP contribution in [-0.2, 0) is 0 Å². The van der Waals surface area contributed by atoms with Gasteiger partial charge < -0.3 is 9.88 Å². The number of aryl methyl sites for hydroxylation is 1. The number of ketones is 2. The van der Waals surface area contributed by atoms with Gasteiger partial charge in [0.2, 0.25) is 11.3 Å².